The lowest BCUT2D eigenvalue weighted by Crippen LogP contribution is -2.36. The Morgan fingerprint density at radius 2 is 1.90 bits per heavy atom. The van der Waals surface area contributed by atoms with Gasteiger partial charge in [0.1, 0.15) is 5.78 Å². The molecule has 2 nitrogen and oxygen atoms in total. The molecule has 20 heavy (non-hydrogen) atoms. The van der Waals surface area contributed by atoms with Gasteiger partial charge in [-0.15, -0.1) is 0 Å². The van der Waals surface area contributed by atoms with Crippen LogP contribution in [0.3, 0.4) is 0 Å². The number of benzene rings is 1. The number of aliphatic hydroxyl groups is 1. The van der Waals surface area contributed by atoms with E-state index in [1.807, 2.05) is 0 Å². The lowest BCUT2D eigenvalue weighted by Gasteiger charge is -2.37. The van der Waals surface area contributed by atoms with Crippen LogP contribution in [-0.4, -0.2) is 17.5 Å². The molecule has 1 N–H and O–H groups in total. The number of hydrogen-bond donors (Lipinski definition) is 1. The van der Waals surface area contributed by atoms with Crippen molar-refractivity contribution in [3.8, 4) is 0 Å². The first-order valence-electron chi connectivity index (χ1n) is 7.90. The van der Waals surface area contributed by atoms with Crippen LogP contribution in [0.4, 0.5) is 0 Å². The molecule has 0 spiro atoms. The van der Waals surface area contributed by atoms with Crippen LogP contribution in [0, 0.1) is 0 Å². The van der Waals surface area contributed by atoms with Crippen LogP contribution in [0.2, 0.25) is 0 Å². The molecule has 2 rings (SSSR count). The van der Waals surface area contributed by atoms with Crippen LogP contribution in [0.25, 0.3) is 0 Å². The fraction of sp³-hybridized carbons (Fsp3) is 0.611. The largest absolute Gasteiger partial charge is 0.395 e. The minimum atomic E-state index is -0.191. The normalized spacial score (nSPS) is 18.2. The monoisotopic (exact) mass is 274 g/mol. The summed E-state index contributed by atoms with van der Waals surface area (Å²) in [5.41, 5.74) is 3.78. The van der Waals surface area contributed by atoms with E-state index < -0.39 is 0 Å². The average Bonchev–Trinajstić information content (AvgIpc) is 2.49. The number of hydrogen-bond acceptors (Lipinski definition) is 2. The first-order chi connectivity index (χ1) is 9.65. The Morgan fingerprint density at radius 1 is 1.20 bits per heavy atom. The topological polar surface area (TPSA) is 37.3 Å². The SMILES string of the molecule is CCCc1ccc(CC)c(C2(CO)CCC(=O)CC2)c1. The van der Waals surface area contributed by atoms with Gasteiger partial charge in [0.15, 0.2) is 0 Å². The Morgan fingerprint density at radius 3 is 2.45 bits per heavy atom. The second kappa shape index (κ2) is 6.53. The number of rotatable bonds is 5. The molecule has 0 heterocycles. The third-order valence-corrected chi connectivity index (χ3v) is 4.73. The highest BCUT2D eigenvalue weighted by atomic mass is 16.3. The molecule has 1 fully saturated rings. The van der Waals surface area contributed by atoms with Crippen molar-refractivity contribution in [1.29, 1.82) is 0 Å². The van der Waals surface area contributed by atoms with E-state index in [0.717, 1.165) is 32.1 Å². The lowest BCUT2D eigenvalue weighted by molar-refractivity contribution is -0.121. The van der Waals surface area contributed by atoms with Gasteiger partial charge in [-0.05, 0) is 42.4 Å². The second-order valence-electron chi connectivity index (χ2n) is 6.07. The molecule has 110 valence electrons. The summed E-state index contributed by atoms with van der Waals surface area (Å²) in [6.45, 7) is 4.51. The van der Waals surface area contributed by atoms with Crippen molar-refractivity contribution < 1.29 is 9.90 Å². The maximum atomic E-state index is 11.5. The highest BCUT2D eigenvalue weighted by Gasteiger charge is 2.37. The molecule has 0 atom stereocenters. The van der Waals surface area contributed by atoms with Crippen molar-refractivity contribution in [2.24, 2.45) is 0 Å². The first kappa shape index (κ1) is 15.2. The van der Waals surface area contributed by atoms with Crippen LogP contribution in [0.1, 0.15) is 62.6 Å². The van der Waals surface area contributed by atoms with Gasteiger partial charge >= 0.3 is 0 Å². The van der Waals surface area contributed by atoms with Gasteiger partial charge in [0.25, 0.3) is 0 Å². The van der Waals surface area contributed by atoms with E-state index >= 15 is 0 Å². The fourth-order valence-electron chi connectivity index (χ4n) is 3.39. The molecule has 1 aromatic rings. The average molecular weight is 274 g/mol. The van der Waals surface area contributed by atoms with E-state index in [-0.39, 0.29) is 12.0 Å². The van der Waals surface area contributed by atoms with E-state index in [9.17, 15) is 9.90 Å². The molecule has 0 aromatic heterocycles. The molecule has 1 aromatic carbocycles. The minimum Gasteiger partial charge on any atom is -0.395 e. The maximum Gasteiger partial charge on any atom is 0.132 e. The quantitative estimate of drug-likeness (QED) is 0.891. The molecule has 0 aliphatic heterocycles. The second-order valence-corrected chi connectivity index (χ2v) is 6.07. The van der Waals surface area contributed by atoms with Gasteiger partial charge in [0.05, 0.1) is 6.61 Å². The Labute approximate surface area is 122 Å². The Bertz CT molecular complexity index is 466. The molecule has 0 radical (unpaired) electrons. The summed E-state index contributed by atoms with van der Waals surface area (Å²) < 4.78 is 0. The van der Waals surface area contributed by atoms with Crippen LogP contribution in [0.5, 0.6) is 0 Å². The number of carbonyl (C=O) groups excluding carboxylic acids is 1. The summed E-state index contributed by atoms with van der Waals surface area (Å²) in [5.74, 6) is 0.344. The summed E-state index contributed by atoms with van der Waals surface area (Å²) in [4.78, 5) is 11.5. The molecule has 0 amide bonds. The van der Waals surface area contributed by atoms with Crippen molar-refractivity contribution in [3.63, 3.8) is 0 Å². The van der Waals surface area contributed by atoms with Gasteiger partial charge in [-0.25, -0.2) is 0 Å². The van der Waals surface area contributed by atoms with E-state index in [1.54, 1.807) is 0 Å². The predicted molar refractivity (Wildman–Crippen MR) is 82.1 cm³/mol. The van der Waals surface area contributed by atoms with Crippen molar-refractivity contribution in [3.05, 3.63) is 34.9 Å². The molecule has 2 heteroatoms. The molecule has 1 aliphatic carbocycles. The lowest BCUT2D eigenvalue weighted by atomic mass is 9.67. The van der Waals surface area contributed by atoms with Gasteiger partial charge < -0.3 is 5.11 Å². The third-order valence-electron chi connectivity index (χ3n) is 4.73. The van der Waals surface area contributed by atoms with Crippen LogP contribution < -0.4 is 0 Å². The zero-order chi connectivity index (χ0) is 14.6. The summed E-state index contributed by atoms with van der Waals surface area (Å²) in [7, 11) is 0. The number of ketones is 1. The van der Waals surface area contributed by atoms with Gasteiger partial charge in [-0.2, -0.15) is 0 Å². The summed E-state index contributed by atoms with van der Waals surface area (Å²) in [6, 6.07) is 6.72. The van der Waals surface area contributed by atoms with Gasteiger partial charge in [-0.3, -0.25) is 4.79 Å². The van der Waals surface area contributed by atoms with E-state index in [4.69, 9.17) is 0 Å². The number of aryl methyl sites for hydroxylation is 2. The summed E-state index contributed by atoms with van der Waals surface area (Å²) in [5, 5.41) is 10.0. The summed E-state index contributed by atoms with van der Waals surface area (Å²) >= 11 is 0. The first-order valence-corrected chi connectivity index (χ1v) is 7.90. The zero-order valence-electron chi connectivity index (χ0n) is 12.7. The van der Waals surface area contributed by atoms with Gasteiger partial charge in [0.2, 0.25) is 0 Å². The molecule has 0 bridgehead atoms. The Hall–Kier alpha value is -1.15. The Balaban J connectivity index is 2.41. The number of carbonyl (C=O) groups is 1. The van der Waals surface area contributed by atoms with E-state index in [1.165, 1.54) is 16.7 Å². The van der Waals surface area contributed by atoms with E-state index in [0.29, 0.717) is 18.6 Å². The van der Waals surface area contributed by atoms with Crippen molar-refractivity contribution in [1.82, 2.24) is 0 Å². The van der Waals surface area contributed by atoms with Crippen molar-refractivity contribution >= 4 is 5.78 Å². The summed E-state index contributed by atoms with van der Waals surface area (Å²) in [6.07, 6.45) is 6.02. The Kier molecular flexibility index (Phi) is 4.98. The van der Waals surface area contributed by atoms with Crippen LogP contribution in [0.15, 0.2) is 18.2 Å². The highest BCUT2D eigenvalue weighted by Crippen LogP contribution is 2.40. The molecule has 1 aliphatic rings. The van der Waals surface area contributed by atoms with Crippen molar-refractivity contribution in [2.75, 3.05) is 6.61 Å². The maximum absolute atomic E-state index is 11.5. The fourth-order valence-corrected chi connectivity index (χ4v) is 3.39. The number of Topliss-reactive ketones (excluding diaryl/α,β-unsaturated/α-hetero) is 1. The molecule has 0 unspecified atom stereocenters. The van der Waals surface area contributed by atoms with Crippen LogP contribution in [-0.2, 0) is 23.1 Å². The predicted octanol–water partition coefficient (Wildman–Crippen LogP) is 3.57. The van der Waals surface area contributed by atoms with Crippen molar-refractivity contribution in [2.45, 2.75) is 64.2 Å². The van der Waals surface area contributed by atoms with Crippen LogP contribution >= 0.6 is 0 Å². The standard InChI is InChI=1S/C18H26O2/c1-3-5-14-6-7-15(4-2)17(12-14)18(13-19)10-8-16(20)9-11-18/h6-7,12,19H,3-5,8-11,13H2,1-2H3. The minimum absolute atomic E-state index is 0.156. The highest BCUT2D eigenvalue weighted by molar-refractivity contribution is 5.79. The van der Waals surface area contributed by atoms with Gasteiger partial charge in [0, 0.05) is 18.3 Å². The number of aliphatic hydroxyl groups excluding tert-OH is 1. The third kappa shape index (κ3) is 2.95. The zero-order valence-corrected chi connectivity index (χ0v) is 12.7. The molecular formula is C18H26O2. The molecule has 0 saturated heterocycles. The van der Waals surface area contributed by atoms with Gasteiger partial charge in [-0.1, -0.05) is 38.5 Å². The smallest absolute Gasteiger partial charge is 0.132 e. The molecular weight excluding hydrogens is 248 g/mol. The van der Waals surface area contributed by atoms with E-state index in [2.05, 4.69) is 32.0 Å². The molecule has 1 saturated carbocycles.